The molecule has 2 aromatic rings. The Balaban J connectivity index is 2.30. The lowest BCUT2D eigenvalue weighted by atomic mass is 9.99. The van der Waals surface area contributed by atoms with Crippen molar-refractivity contribution in [2.24, 2.45) is 0 Å². The van der Waals surface area contributed by atoms with Crippen LogP contribution < -0.4 is 0 Å². The first-order valence-corrected chi connectivity index (χ1v) is 5.83. The molecule has 16 heavy (non-hydrogen) atoms. The minimum absolute atomic E-state index is 0.808. The molecule has 82 valence electrons. The fraction of sp³-hybridized carbons (Fsp3) is 0.200. The van der Waals surface area contributed by atoms with Gasteiger partial charge in [-0.2, -0.15) is 0 Å². The molecule has 0 saturated carbocycles. The van der Waals surface area contributed by atoms with Gasteiger partial charge in [0.05, 0.1) is 0 Å². The fourth-order valence-corrected chi connectivity index (χ4v) is 2.07. The van der Waals surface area contributed by atoms with E-state index < -0.39 is 0 Å². The second-order valence-electron chi connectivity index (χ2n) is 4.24. The van der Waals surface area contributed by atoms with Crippen molar-refractivity contribution in [2.75, 3.05) is 0 Å². The van der Waals surface area contributed by atoms with Crippen LogP contribution in [0.5, 0.6) is 0 Å². The summed E-state index contributed by atoms with van der Waals surface area (Å²) in [6.45, 7) is 4.28. The highest BCUT2D eigenvalue weighted by Crippen LogP contribution is 2.18. The van der Waals surface area contributed by atoms with Crippen LogP contribution in [0.25, 0.3) is 0 Å². The number of rotatable bonds is 2. The van der Waals surface area contributed by atoms with Gasteiger partial charge in [-0.25, -0.2) is 0 Å². The number of aryl methyl sites for hydroxylation is 2. The van der Waals surface area contributed by atoms with Crippen LogP contribution in [-0.2, 0) is 6.42 Å². The highest BCUT2D eigenvalue weighted by Gasteiger charge is 2.01. The molecule has 0 atom stereocenters. The second kappa shape index (κ2) is 4.71. The van der Waals surface area contributed by atoms with Gasteiger partial charge in [0.2, 0.25) is 0 Å². The molecule has 0 aliphatic heterocycles. The van der Waals surface area contributed by atoms with Gasteiger partial charge in [-0.3, -0.25) is 0 Å². The summed E-state index contributed by atoms with van der Waals surface area (Å²) >= 11 is 5.98. The Labute approximate surface area is 102 Å². The van der Waals surface area contributed by atoms with E-state index in [-0.39, 0.29) is 0 Å². The van der Waals surface area contributed by atoms with E-state index in [9.17, 15) is 0 Å². The van der Waals surface area contributed by atoms with E-state index in [1.54, 1.807) is 0 Å². The lowest BCUT2D eigenvalue weighted by Crippen LogP contribution is -1.92. The van der Waals surface area contributed by atoms with E-state index in [2.05, 4.69) is 38.1 Å². The largest absolute Gasteiger partial charge is 0.0843 e. The minimum atomic E-state index is 0.808. The summed E-state index contributed by atoms with van der Waals surface area (Å²) in [5.41, 5.74) is 5.29. The van der Waals surface area contributed by atoms with E-state index in [4.69, 9.17) is 11.6 Å². The molecule has 0 amide bonds. The zero-order chi connectivity index (χ0) is 11.5. The van der Waals surface area contributed by atoms with Crippen LogP contribution >= 0.6 is 11.6 Å². The molecule has 0 aliphatic carbocycles. The maximum atomic E-state index is 5.98. The normalized spacial score (nSPS) is 10.4. The summed E-state index contributed by atoms with van der Waals surface area (Å²) in [6, 6.07) is 14.6. The molecule has 2 rings (SSSR count). The molecule has 0 aliphatic rings. The smallest absolute Gasteiger partial charge is 0.0408 e. The Morgan fingerprint density at radius 3 is 2.56 bits per heavy atom. The van der Waals surface area contributed by atoms with Crippen molar-refractivity contribution >= 4 is 11.6 Å². The highest BCUT2D eigenvalue weighted by atomic mass is 35.5. The van der Waals surface area contributed by atoms with Crippen LogP contribution in [0.2, 0.25) is 5.02 Å². The number of benzene rings is 2. The maximum absolute atomic E-state index is 5.98. The van der Waals surface area contributed by atoms with E-state index in [1.807, 2.05) is 18.2 Å². The third-order valence-electron chi connectivity index (χ3n) is 2.79. The standard InChI is InChI=1S/C15H15Cl/c1-11-6-7-12(2)14(8-11)9-13-4-3-5-15(16)10-13/h3-8,10H,9H2,1-2H3. The monoisotopic (exact) mass is 230 g/mol. The minimum Gasteiger partial charge on any atom is -0.0843 e. The van der Waals surface area contributed by atoms with Crippen molar-refractivity contribution in [1.29, 1.82) is 0 Å². The molecule has 0 saturated heterocycles. The molecule has 0 unspecified atom stereocenters. The summed E-state index contributed by atoms with van der Waals surface area (Å²) < 4.78 is 0. The topological polar surface area (TPSA) is 0 Å². The second-order valence-corrected chi connectivity index (χ2v) is 4.67. The van der Waals surface area contributed by atoms with Crippen molar-refractivity contribution in [1.82, 2.24) is 0 Å². The lowest BCUT2D eigenvalue weighted by molar-refractivity contribution is 1.14. The number of halogens is 1. The first-order valence-electron chi connectivity index (χ1n) is 5.46. The number of hydrogen-bond acceptors (Lipinski definition) is 0. The Bertz CT molecular complexity index is 501. The molecule has 0 radical (unpaired) electrons. The van der Waals surface area contributed by atoms with Crippen molar-refractivity contribution in [3.8, 4) is 0 Å². The van der Waals surface area contributed by atoms with E-state index in [0.717, 1.165) is 11.4 Å². The quantitative estimate of drug-likeness (QED) is 0.710. The molecule has 2 aromatic carbocycles. The van der Waals surface area contributed by atoms with Crippen molar-refractivity contribution in [3.63, 3.8) is 0 Å². The fourth-order valence-electron chi connectivity index (χ4n) is 1.86. The van der Waals surface area contributed by atoms with E-state index in [0.29, 0.717) is 0 Å². The van der Waals surface area contributed by atoms with Crippen molar-refractivity contribution in [3.05, 3.63) is 69.7 Å². The third-order valence-corrected chi connectivity index (χ3v) is 3.02. The molecule has 0 aromatic heterocycles. The first kappa shape index (κ1) is 11.2. The Morgan fingerprint density at radius 1 is 1.00 bits per heavy atom. The third kappa shape index (κ3) is 2.65. The molecule has 0 spiro atoms. The summed E-state index contributed by atoms with van der Waals surface area (Å²) in [6.07, 6.45) is 0.952. The Morgan fingerprint density at radius 2 is 1.81 bits per heavy atom. The van der Waals surface area contributed by atoms with Gasteiger partial charge >= 0.3 is 0 Å². The van der Waals surface area contributed by atoms with Crippen LogP contribution in [0.1, 0.15) is 22.3 Å². The van der Waals surface area contributed by atoms with Gasteiger partial charge < -0.3 is 0 Å². The predicted octanol–water partition coefficient (Wildman–Crippen LogP) is 4.55. The Hall–Kier alpha value is -1.27. The van der Waals surface area contributed by atoms with Gasteiger partial charge in [-0.1, -0.05) is 47.5 Å². The molecule has 0 N–H and O–H groups in total. The van der Waals surface area contributed by atoms with Gasteiger partial charge in [-0.05, 0) is 49.1 Å². The van der Waals surface area contributed by atoms with Gasteiger partial charge in [0.15, 0.2) is 0 Å². The summed E-state index contributed by atoms with van der Waals surface area (Å²) in [7, 11) is 0. The summed E-state index contributed by atoms with van der Waals surface area (Å²) in [5.74, 6) is 0. The van der Waals surface area contributed by atoms with Crippen molar-refractivity contribution < 1.29 is 0 Å². The van der Waals surface area contributed by atoms with E-state index in [1.165, 1.54) is 22.3 Å². The first-order chi connectivity index (χ1) is 7.65. The van der Waals surface area contributed by atoms with Crippen LogP contribution in [0, 0.1) is 13.8 Å². The van der Waals surface area contributed by atoms with Gasteiger partial charge in [0, 0.05) is 5.02 Å². The zero-order valence-corrected chi connectivity index (χ0v) is 10.4. The lowest BCUT2D eigenvalue weighted by Gasteiger charge is -2.07. The average molecular weight is 231 g/mol. The molecular weight excluding hydrogens is 216 g/mol. The van der Waals surface area contributed by atoms with E-state index >= 15 is 0 Å². The summed E-state index contributed by atoms with van der Waals surface area (Å²) in [5, 5.41) is 0.808. The van der Waals surface area contributed by atoms with Crippen molar-refractivity contribution in [2.45, 2.75) is 20.3 Å². The van der Waals surface area contributed by atoms with Gasteiger partial charge in [0.25, 0.3) is 0 Å². The summed E-state index contributed by atoms with van der Waals surface area (Å²) in [4.78, 5) is 0. The number of hydrogen-bond donors (Lipinski definition) is 0. The van der Waals surface area contributed by atoms with Gasteiger partial charge in [-0.15, -0.1) is 0 Å². The molecule has 0 bridgehead atoms. The predicted molar refractivity (Wildman–Crippen MR) is 70.2 cm³/mol. The molecular formula is C15H15Cl. The van der Waals surface area contributed by atoms with Crippen LogP contribution in [-0.4, -0.2) is 0 Å². The van der Waals surface area contributed by atoms with Crippen LogP contribution in [0.4, 0.5) is 0 Å². The van der Waals surface area contributed by atoms with Crippen LogP contribution in [0.3, 0.4) is 0 Å². The highest BCUT2D eigenvalue weighted by molar-refractivity contribution is 6.30. The molecule has 0 nitrogen and oxygen atoms in total. The SMILES string of the molecule is Cc1ccc(C)c(Cc2cccc(Cl)c2)c1. The molecule has 1 heteroatoms. The molecule has 0 heterocycles. The van der Waals surface area contributed by atoms with Crippen LogP contribution in [0.15, 0.2) is 42.5 Å². The average Bonchev–Trinajstić information content (AvgIpc) is 2.24. The Kier molecular flexibility index (Phi) is 3.31. The zero-order valence-electron chi connectivity index (χ0n) is 9.63. The molecule has 0 fully saturated rings. The van der Waals surface area contributed by atoms with Gasteiger partial charge in [0.1, 0.15) is 0 Å². The maximum Gasteiger partial charge on any atom is 0.0408 e.